The molecule has 0 aliphatic carbocycles. The van der Waals surface area contributed by atoms with E-state index in [4.69, 9.17) is 4.74 Å². The Bertz CT molecular complexity index is 342. The van der Waals surface area contributed by atoms with Crippen molar-refractivity contribution in [2.75, 3.05) is 18.5 Å². The van der Waals surface area contributed by atoms with E-state index in [1.807, 2.05) is 6.92 Å². The molecule has 6 heteroatoms. The largest absolute Gasteiger partial charge is 0.490 e. The molecule has 1 aromatic heterocycles. The molecule has 0 radical (unpaired) electrons. The van der Waals surface area contributed by atoms with E-state index in [1.54, 1.807) is 12.1 Å². The summed E-state index contributed by atoms with van der Waals surface area (Å²) >= 11 is 0. The van der Waals surface area contributed by atoms with Crippen molar-refractivity contribution >= 4 is 5.82 Å². The van der Waals surface area contributed by atoms with Crippen LogP contribution in [0.15, 0.2) is 18.3 Å². The number of aromatic nitrogens is 1. The normalized spacial score (nSPS) is 11.3. The Balaban J connectivity index is 2.51. The van der Waals surface area contributed by atoms with Gasteiger partial charge in [-0.25, -0.2) is 4.98 Å². The summed E-state index contributed by atoms with van der Waals surface area (Å²) in [4.78, 5) is 3.95. The number of pyridine rings is 1. The van der Waals surface area contributed by atoms with Gasteiger partial charge in [0.05, 0.1) is 13.0 Å². The first-order valence-corrected chi connectivity index (χ1v) is 5.41. The van der Waals surface area contributed by atoms with Gasteiger partial charge >= 0.3 is 6.18 Å². The van der Waals surface area contributed by atoms with Gasteiger partial charge in [0, 0.05) is 12.7 Å². The lowest BCUT2D eigenvalue weighted by atomic mass is 10.3. The fraction of sp³-hybridized carbons (Fsp3) is 0.545. The molecule has 3 nitrogen and oxygen atoms in total. The van der Waals surface area contributed by atoms with Gasteiger partial charge in [0.2, 0.25) is 0 Å². The van der Waals surface area contributed by atoms with Gasteiger partial charge in [-0.3, -0.25) is 0 Å². The Morgan fingerprint density at radius 3 is 2.82 bits per heavy atom. The second-order valence-corrected chi connectivity index (χ2v) is 3.49. The highest BCUT2D eigenvalue weighted by Crippen LogP contribution is 2.23. The summed E-state index contributed by atoms with van der Waals surface area (Å²) in [6.45, 7) is 2.26. The molecule has 0 bridgehead atoms. The van der Waals surface area contributed by atoms with Crippen LogP contribution in [0.5, 0.6) is 5.75 Å². The zero-order valence-electron chi connectivity index (χ0n) is 9.55. The van der Waals surface area contributed by atoms with Crippen LogP contribution in [-0.4, -0.2) is 24.3 Å². The second kappa shape index (κ2) is 6.32. The highest BCUT2D eigenvalue weighted by molar-refractivity contribution is 5.49. The number of alkyl halides is 3. The number of hydrogen-bond acceptors (Lipinski definition) is 3. The van der Waals surface area contributed by atoms with Gasteiger partial charge in [-0.05, 0) is 18.6 Å². The summed E-state index contributed by atoms with van der Waals surface area (Å²) in [6.07, 6.45) is -2.71. The van der Waals surface area contributed by atoms with Crippen LogP contribution in [0.25, 0.3) is 0 Å². The highest BCUT2D eigenvalue weighted by Gasteiger charge is 2.26. The zero-order chi connectivity index (χ0) is 12.7. The molecule has 0 aliphatic rings. The van der Waals surface area contributed by atoms with Crippen molar-refractivity contribution in [1.82, 2.24) is 4.98 Å². The first kappa shape index (κ1) is 13.6. The molecule has 1 N–H and O–H groups in total. The fourth-order valence-corrected chi connectivity index (χ4v) is 1.17. The minimum Gasteiger partial charge on any atom is -0.490 e. The standard InChI is InChI=1S/C11H15F3N2O/c1-2-8-17-9-4-3-6-15-10(9)16-7-5-11(12,13)14/h3-4,6H,2,5,7-8H2,1H3,(H,15,16). The van der Waals surface area contributed by atoms with Gasteiger partial charge in [-0.15, -0.1) is 0 Å². The van der Waals surface area contributed by atoms with Gasteiger partial charge in [-0.1, -0.05) is 6.92 Å². The number of anilines is 1. The third-order valence-electron chi connectivity index (χ3n) is 1.93. The molecule has 0 unspecified atom stereocenters. The average molecular weight is 248 g/mol. The van der Waals surface area contributed by atoms with Crippen LogP contribution in [0.4, 0.5) is 19.0 Å². The van der Waals surface area contributed by atoms with Gasteiger partial charge < -0.3 is 10.1 Å². The maximum Gasteiger partial charge on any atom is 0.390 e. The summed E-state index contributed by atoms with van der Waals surface area (Å²) in [5.74, 6) is 0.835. The molecule has 0 fully saturated rings. The maximum absolute atomic E-state index is 12.0. The molecule has 0 saturated heterocycles. The van der Waals surface area contributed by atoms with Gasteiger partial charge in [0.25, 0.3) is 0 Å². The predicted octanol–water partition coefficient (Wildman–Crippen LogP) is 3.23. The van der Waals surface area contributed by atoms with Gasteiger partial charge in [-0.2, -0.15) is 13.2 Å². The van der Waals surface area contributed by atoms with Gasteiger partial charge in [0.15, 0.2) is 11.6 Å². The summed E-state index contributed by atoms with van der Waals surface area (Å²) in [5.41, 5.74) is 0. The summed E-state index contributed by atoms with van der Waals surface area (Å²) in [6, 6.07) is 3.36. The summed E-state index contributed by atoms with van der Waals surface area (Å²) < 4.78 is 41.3. The van der Waals surface area contributed by atoms with Crippen LogP contribution < -0.4 is 10.1 Å². The Morgan fingerprint density at radius 2 is 2.18 bits per heavy atom. The van der Waals surface area contributed by atoms with Gasteiger partial charge in [0.1, 0.15) is 0 Å². The van der Waals surface area contributed by atoms with Crippen LogP contribution in [0.1, 0.15) is 19.8 Å². The molecule has 96 valence electrons. The third kappa shape index (κ3) is 5.42. The van der Waals surface area contributed by atoms with E-state index in [0.717, 1.165) is 6.42 Å². The van der Waals surface area contributed by atoms with Crippen LogP contribution in [-0.2, 0) is 0 Å². The molecular formula is C11H15F3N2O. The average Bonchev–Trinajstić information content (AvgIpc) is 2.26. The van der Waals surface area contributed by atoms with E-state index < -0.39 is 12.6 Å². The highest BCUT2D eigenvalue weighted by atomic mass is 19.4. The molecule has 0 aromatic carbocycles. The van der Waals surface area contributed by atoms with Crippen molar-refractivity contribution in [2.24, 2.45) is 0 Å². The van der Waals surface area contributed by atoms with E-state index >= 15 is 0 Å². The Morgan fingerprint density at radius 1 is 1.41 bits per heavy atom. The summed E-state index contributed by atoms with van der Waals surface area (Å²) in [5, 5.41) is 2.62. The van der Waals surface area contributed by atoms with Crippen molar-refractivity contribution in [3.63, 3.8) is 0 Å². The van der Waals surface area contributed by atoms with Crippen LogP contribution in [0.3, 0.4) is 0 Å². The van der Waals surface area contributed by atoms with Crippen molar-refractivity contribution in [2.45, 2.75) is 25.9 Å². The molecule has 17 heavy (non-hydrogen) atoms. The fourth-order valence-electron chi connectivity index (χ4n) is 1.17. The van der Waals surface area contributed by atoms with Crippen molar-refractivity contribution in [1.29, 1.82) is 0 Å². The van der Waals surface area contributed by atoms with E-state index in [1.165, 1.54) is 6.20 Å². The molecule has 0 atom stereocenters. The number of nitrogens with zero attached hydrogens (tertiary/aromatic N) is 1. The molecular weight excluding hydrogens is 233 g/mol. The maximum atomic E-state index is 12.0. The smallest absolute Gasteiger partial charge is 0.390 e. The molecule has 1 heterocycles. The Labute approximate surface area is 98.0 Å². The summed E-state index contributed by atoms with van der Waals surface area (Å²) in [7, 11) is 0. The number of ether oxygens (including phenoxy) is 1. The molecule has 1 rings (SSSR count). The molecule has 0 spiro atoms. The number of hydrogen-bond donors (Lipinski definition) is 1. The Hall–Kier alpha value is -1.46. The predicted molar refractivity (Wildman–Crippen MR) is 59.2 cm³/mol. The molecule has 0 amide bonds. The van der Waals surface area contributed by atoms with E-state index in [-0.39, 0.29) is 6.54 Å². The van der Waals surface area contributed by atoms with Crippen molar-refractivity contribution in [3.8, 4) is 5.75 Å². The first-order valence-electron chi connectivity index (χ1n) is 5.41. The quantitative estimate of drug-likeness (QED) is 0.839. The second-order valence-electron chi connectivity index (χ2n) is 3.49. The minimum atomic E-state index is -4.16. The van der Waals surface area contributed by atoms with E-state index in [2.05, 4.69) is 10.3 Å². The molecule has 0 aliphatic heterocycles. The molecule has 0 saturated carbocycles. The number of nitrogens with one attached hydrogen (secondary N) is 1. The first-order chi connectivity index (χ1) is 8.03. The van der Waals surface area contributed by atoms with Crippen molar-refractivity contribution < 1.29 is 17.9 Å². The van der Waals surface area contributed by atoms with Crippen LogP contribution >= 0.6 is 0 Å². The monoisotopic (exact) mass is 248 g/mol. The van der Waals surface area contributed by atoms with Crippen LogP contribution in [0, 0.1) is 0 Å². The van der Waals surface area contributed by atoms with Crippen LogP contribution in [0.2, 0.25) is 0 Å². The number of halogens is 3. The minimum absolute atomic E-state index is 0.205. The topological polar surface area (TPSA) is 34.1 Å². The lowest BCUT2D eigenvalue weighted by molar-refractivity contribution is -0.131. The third-order valence-corrected chi connectivity index (χ3v) is 1.93. The van der Waals surface area contributed by atoms with E-state index in [0.29, 0.717) is 18.2 Å². The molecule has 1 aromatic rings. The van der Waals surface area contributed by atoms with E-state index in [9.17, 15) is 13.2 Å². The van der Waals surface area contributed by atoms with Crippen molar-refractivity contribution in [3.05, 3.63) is 18.3 Å². The number of rotatable bonds is 6. The zero-order valence-corrected chi connectivity index (χ0v) is 9.55. The SMILES string of the molecule is CCCOc1cccnc1NCCC(F)(F)F. The lowest BCUT2D eigenvalue weighted by Gasteiger charge is -2.12. The lowest BCUT2D eigenvalue weighted by Crippen LogP contribution is -2.15. The Kier molecular flexibility index (Phi) is 5.06.